The molecule has 1 amide bonds. The molecule has 25 heavy (non-hydrogen) atoms. The zero-order valence-electron chi connectivity index (χ0n) is 13.4. The third-order valence-electron chi connectivity index (χ3n) is 4.10. The van der Waals surface area contributed by atoms with E-state index in [1.54, 1.807) is 4.90 Å². The van der Waals surface area contributed by atoms with Crippen molar-refractivity contribution in [1.82, 2.24) is 4.90 Å². The third-order valence-corrected chi connectivity index (χ3v) is 4.70. The number of anilines is 1. The Morgan fingerprint density at radius 3 is 2.36 bits per heavy atom. The van der Waals surface area contributed by atoms with Crippen molar-refractivity contribution in [3.8, 4) is 0 Å². The van der Waals surface area contributed by atoms with Gasteiger partial charge in [-0.15, -0.1) is 0 Å². The highest BCUT2D eigenvalue weighted by atomic mass is 35.5. The first kappa shape index (κ1) is 17.8. The number of benzene rings is 2. The van der Waals surface area contributed by atoms with E-state index in [1.165, 1.54) is 18.2 Å². The number of carbonyl (C=O) groups is 1. The number of amides is 1. The summed E-state index contributed by atoms with van der Waals surface area (Å²) in [6, 6.07) is 11.6. The summed E-state index contributed by atoms with van der Waals surface area (Å²) in [5.74, 6) is -0.418. The molecule has 2 aromatic carbocycles. The first-order valence-corrected chi connectivity index (χ1v) is 8.64. The second-order valence-corrected chi connectivity index (χ2v) is 6.58. The summed E-state index contributed by atoms with van der Waals surface area (Å²) < 4.78 is 18.3. The van der Waals surface area contributed by atoms with Gasteiger partial charge in [0.15, 0.2) is 0 Å². The van der Waals surface area contributed by atoms with Crippen molar-refractivity contribution >= 4 is 35.0 Å². The SMILES string of the molecule is O=C(OCc1ccc(F)cc1Cl)N1CCN(c2ccc(Cl)cc2)CC1. The molecule has 0 spiro atoms. The first-order chi connectivity index (χ1) is 12.0. The van der Waals surface area contributed by atoms with E-state index in [9.17, 15) is 9.18 Å². The Balaban J connectivity index is 1.50. The van der Waals surface area contributed by atoms with Crippen molar-refractivity contribution in [1.29, 1.82) is 0 Å². The van der Waals surface area contributed by atoms with Crippen LogP contribution in [-0.2, 0) is 11.3 Å². The lowest BCUT2D eigenvalue weighted by Gasteiger charge is -2.35. The highest BCUT2D eigenvalue weighted by Gasteiger charge is 2.22. The van der Waals surface area contributed by atoms with E-state index < -0.39 is 11.9 Å². The van der Waals surface area contributed by atoms with Gasteiger partial charge in [0, 0.05) is 42.5 Å². The van der Waals surface area contributed by atoms with Crippen molar-refractivity contribution in [2.24, 2.45) is 0 Å². The van der Waals surface area contributed by atoms with Gasteiger partial charge in [-0.25, -0.2) is 9.18 Å². The van der Waals surface area contributed by atoms with Crippen molar-refractivity contribution < 1.29 is 13.9 Å². The summed E-state index contributed by atoms with van der Waals surface area (Å²) in [5.41, 5.74) is 1.66. The Kier molecular flexibility index (Phi) is 5.66. The van der Waals surface area contributed by atoms with Crippen molar-refractivity contribution in [2.45, 2.75) is 6.61 Å². The fourth-order valence-corrected chi connectivity index (χ4v) is 3.02. The van der Waals surface area contributed by atoms with Gasteiger partial charge >= 0.3 is 6.09 Å². The predicted octanol–water partition coefficient (Wildman–Crippen LogP) is 4.59. The number of carbonyl (C=O) groups excluding carboxylic acids is 1. The van der Waals surface area contributed by atoms with Gasteiger partial charge in [-0.2, -0.15) is 0 Å². The summed E-state index contributed by atoms with van der Waals surface area (Å²) in [7, 11) is 0. The molecule has 0 bridgehead atoms. The van der Waals surface area contributed by atoms with Crippen LogP contribution in [0.15, 0.2) is 42.5 Å². The molecule has 132 valence electrons. The predicted molar refractivity (Wildman–Crippen MR) is 96.8 cm³/mol. The van der Waals surface area contributed by atoms with Crippen LogP contribution in [0.2, 0.25) is 10.0 Å². The average molecular weight is 383 g/mol. The molecule has 0 N–H and O–H groups in total. The van der Waals surface area contributed by atoms with Crippen molar-refractivity contribution in [2.75, 3.05) is 31.1 Å². The second kappa shape index (κ2) is 7.93. The molecule has 1 heterocycles. The van der Waals surface area contributed by atoms with E-state index in [0.29, 0.717) is 36.8 Å². The molecular weight excluding hydrogens is 366 g/mol. The zero-order chi connectivity index (χ0) is 17.8. The summed E-state index contributed by atoms with van der Waals surface area (Å²) in [4.78, 5) is 16.0. The molecule has 0 unspecified atom stereocenters. The maximum atomic E-state index is 13.0. The summed E-state index contributed by atoms with van der Waals surface area (Å²) in [6.07, 6.45) is -0.392. The second-order valence-electron chi connectivity index (χ2n) is 5.74. The molecule has 0 aliphatic carbocycles. The lowest BCUT2D eigenvalue weighted by atomic mass is 10.2. The van der Waals surface area contributed by atoms with E-state index in [0.717, 1.165) is 5.69 Å². The molecule has 4 nitrogen and oxygen atoms in total. The Morgan fingerprint density at radius 2 is 1.72 bits per heavy atom. The number of hydrogen-bond donors (Lipinski definition) is 0. The van der Waals surface area contributed by atoms with Crippen molar-refractivity contribution in [3.63, 3.8) is 0 Å². The maximum absolute atomic E-state index is 13.0. The zero-order valence-corrected chi connectivity index (χ0v) is 14.9. The Hall–Kier alpha value is -1.98. The van der Waals surface area contributed by atoms with Crippen LogP contribution in [0.5, 0.6) is 0 Å². The van der Waals surface area contributed by atoms with Crippen LogP contribution in [0.3, 0.4) is 0 Å². The molecular formula is C18H17Cl2FN2O2. The number of piperazine rings is 1. The molecule has 3 rings (SSSR count). The van der Waals surface area contributed by atoms with Crippen LogP contribution < -0.4 is 4.90 Å². The molecule has 0 saturated carbocycles. The minimum Gasteiger partial charge on any atom is -0.444 e. The smallest absolute Gasteiger partial charge is 0.410 e. The van der Waals surface area contributed by atoms with Crippen LogP contribution in [0.1, 0.15) is 5.56 Å². The van der Waals surface area contributed by atoms with Crippen molar-refractivity contribution in [3.05, 3.63) is 63.9 Å². The number of hydrogen-bond acceptors (Lipinski definition) is 3. The average Bonchev–Trinajstić information content (AvgIpc) is 2.61. The summed E-state index contributed by atoms with van der Waals surface area (Å²) >= 11 is 11.8. The van der Waals surface area contributed by atoms with Gasteiger partial charge in [-0.3, -0.25) is 0 Å². The minimum atomic E-state index is -0.418. The van der Waals surface area contributed by atoms with Crippen LogP contribution in [0.4, 0.5) is 14.9 Å². The van der Waals surface area contributed by atoms with Crippen LogP contribution in [0.25, 0.3) is 0 Å². The van der Waals surface area contributed by atoms with Crippen LogP contribution in [0, 0.1) is 5.82 Å². The van der Waals surface area contributed by atoms with Gasteiger partial charge in [-0.1, -0.05) is 29.3 Å². The molecule has 2 aromatic rings. The van der Waals surface area contributed by atoms with E-state index >= 15 is 0 Å². The molecule has 0 atom stereocenters. The Labute approximate surface area is 155 Å². The van der Waals surface area contributed by atoms with E-state index in [1.807, 2.05) is 24.3 Å². The normalized spacial score (nSPS) is 14.5. The van der Waals surface area contributed by atoms with E-state index in [2.05, 4.69) is 4.90 Å². The number of rotatable bonds is 3. The van der Waals surface area contributed by atoms with Gasteiger partial charge in [0.2, 0.25) is 0 Å². The standard InChI is InChI=1S/C18H17Cl2FN2O2/c19-14-2-5-16(6-3-14)22-7-9-23(10-8-22)18(24)25-12-13-1-4-15(21)11-17(13)20/h1-6,11H,7-10,12H2. The Bertz CT molecular complexity index is 747. The molecule has 1 saturated heterocycles. The summed E-state index contributed by atoms with van der Waals surface area (Å²) in [5, 5.41) is 0.950. The van der Waals surface area contributed by atoms with Crippen LogP contribution in [-0.4, -0.2) is 37.2 Å². The number of nitrogens with zero attached hydrogens (tertiary/aromatic N) is 2. The lowest BCUT2D eigenvalue weighted by Crippen LogP contribution is -2.48. The molecule has 0 aromatic heterocycles. The topological polar surface area (TPSA) is 32.8 Å². The van der Waals surface area contributed by atoms with Crippen LogP contribution >= 0.6 is 23.2 Å². The highest BCUT2D eigenvalue weighted by Crippen LogP contribution is 2.21. The first-order valence-electron chi connectivity index (χ1n) is 7.89. The van der Waals surface area contributed by atoms with Gasteiger partial charge in [-0.05, 0) is 36.4 Å². The van der Waals surface area contributed by atoms with Gasteiger partial charge in [0.1, 0.15) is 12.4 Å². The van der Waals surface area contributed by atoms with Gasteiger partial charge < -0.3 is 14.5 Å². The molecule has 1 aliphatic rings. The van der Waals surface area contributed by atoms with Gasteiger partial charge in [0.05, 0.1) is 5.02 Å². The molecule has 1 aliphatic heterocycles. The number of ether oxygens (including phenoxy) is 1. The molecule has 7 heteroatoms. The number of halogens is 3. The highest BCUT2D eigenvalue weighted by molar-refractivity contribution is 6.31. The van der Waals surface area contributed by atoms with E-state index in [-0.39, 0.29) is 11.6 Å². The molecule has 1 fully saturated rings. The fraction of sp³-hybridized carbons (Fsp3) is 0.278. The fourth-order valence-electron chi connectivity index (χ4n) is 2.67. The maximum Gasteiger partial charge on any atom is 0.410 e. The summed E-state index contributed by atoms with van der Waals surface area (Å²) in [6.45, 7) is 2.59. The lowest BCUT2D eigenvalue weighted by molar-refractivity contribution is 0.0942. The van der Waals surface area contributed by atoms with Gasteiger partial charge in [0.25, 0.3) is 0 Å². The third kappa shape index (κ3) is 4.55. The monoisotopic (exact) mass is 382 g/mol. The minimum absolute atomic E-state index is 0.0232. The quantitative estimate of drug-likeness (QED) is 0.777. The van der Waals surface area contributed by atoms with E-state index in [4.69, 9.17) is 27.9 Å². The Morgan fingerprint density at radius 1 is 1.04 bits per heavy atom. The largest absolute Gasteiger partial charge is 0.444 e. The molecule has 0 radical (unpaired) electrons.